The van der Waals surface area contributed by atoms with Crippen LogP contribution in [0.1, 0.15) is 18.5 Å². The molecule has 0 spiro atoms. The van der Waals surface area contributed by atoms with Crippen LogP contribution in [0.4, 0.5) is 0 Å². The maximum absolute atomic E-state index is 12.9. The number of amides is 1. The molecule has 138 valence electrons. The van der Waals surface area contributed by atoms with Crippen LogP contribution in [-0.2, 0) is 16.1 Å². The van der Waals surface area contributed by atoms with Crippen LogP contribution < -0.4 is 5.56 Å². The van der Waals surface area contributed by atoms with Gasteiger partial charge in [-0.15, -0.1) is 0 Å². The summed E-state index contributed by atoms with van der Waals surface area (Å²) in [4.78, 5) is 27.4. The summed E-state index contributed by atoms with van der Waals surface area (Å²) >= 11 is 0. The summed E-state index contributed by atoms with van der Waals surface area (Å²) in [6.45, 7) is 2.89. The normalized spacial score (nSPS) is 25.5. The average molecular weight is 357 g/mol. The van der Waals surface area contributed by atoms with Crippen molar-refractivity contribution in [3.8, 4) is 0 Å². The molecule has 1 aromatic carbocycles. The van der Waals surface area contributed by atoms with Crippen LogP contribution >= 0.6 is 0 Å². The molecule has 1 N–H and O–H groups in total. The van der Waals surface area contributed by atoms with Crippen molar-refractivity contribution in [1.29, 1.82) is 0 Å². The second kappa shape index (κ2) is 6.81. The summed E-state index contributed by atoms with van der Waals surface area (Å²) in [5, 5.41) is 15.2. The van der Waals surface area contributed by atoms with Crippen molar-refractivity contribution < 1.29 is 14.6 Å². The van der Waals surface area contributed by atoms with Crippen LogP contribution in [0.15, 0.2) is 29.1 Å². The summed E-state index contributed by atoms with van der Waals surface area (Å²) in [6, 6.07) is 7.30. The number of ether oxygens (including phenoxy) is 1. The topological polar surface area (TPSA) is 84.7 Å². The SMILES string of the molecule is Cc1nn(CC(=O)N2CCO[C@H]3C[C@H](CO)C[C@@H]32)c(=O)c2ccccc12. The van der Waals surface area contributed by atoms with Crippen molar-refractivity contribution in [3.63, 3.8) is 0 Å². The van der Waals surface area contributed by atoms with Crippen LogP contribution in [0.3, 0.4) is 0 Å². The molecule has 26 heavy (non-hydrogen) atoms. The number of aliphatic hydroxyl groups excluding tert-OH is 1. The fourth-order valence-corrected chi connectivity index (χ4v) is 4.24. The molecule has 3 atom stereocenters. The molecule has 0 unspecified atom stereocenters. The molecule has 1 saturated heterocycles. The van der Waals surface area contributed by atoms with E-state index in [2.05, 4.69) is 5.10 Å². The van der Waals surface area contributed by atoms with E-state index < -0.39 is 0 Å². The minimum atomic E-state index is -0.246. The van der Waals surface area contributed by atoms with E-state index in [1.807, 2.05) is 30.0 Å². The highest BCUT2D eigenvalue weighted by Crippen LogP contribution is 2.34. The summed E-state index contributed by atoms with van der Waals surface area (Å²) in [5.41, 5.74) is 0.484. The molecule has 2 aliphatic rings. The molecule has 2 fully saturated rings. The molecule has 1 aromatic heterocycles. The predicted octanol–water partition coefficient (Wildman–Crippen LogP) is 0.703. The average Bonchev–Trinajstić information content (AvgIpc) is 3.09. The summed E-state index contributed by atoms with van der Waals surface area (Å²) in [7, 11) is 0. The Hall–Kier alpha value is -2.25. The van der Waals surface area contributed by atoms with Crippen molar-refractivity contribution in [3.05, 3.63) is 40.3 Å². The molecule has 1 aliphatic heterocycles. The van der Waals surface area contributed by atoms with Crippen molar-refractivity contribution in [2.45, 2.75) is 38.5 Å². The summed E-state index contributed by atoms with van der Waals surface area (Å²) < 4.78 is 7.04. The highest BCUT2D eigenvalue weighted by atomic mass is 16.5. The van der Waals surface area contributed by atoms with Gasteiger partial charge in [-0.25, -0.2) is 4.68 Å². The van der Waals surface area contributed by atoms with Gasteiger partial charge in [-0.2, -0.15) is 5.10 Å². The van der Waals surface area contributed by atoms with Crippen molar-refractivity contribution in [1.82, 2.24) is 14.7 Å². The Morgan fingerprint density at radius 2 is 2.08 bits per heavy atom. The van der Waals surface area contributed by atoms with Gasteiger partial charge in [0, 0.05) is 18.5 Å². The van der Waals surface area contributed by atoms with Gasteiger partial charge in [0.2, 0.25) is 5.91 Å². The molecule has 1 aliphatic carbocycles. The van der Waals surface area contributed by atoms with Gasteiger partial charge in [-0.3, -0.25) is 9.59 Å². The number of nitrogens with zero attached hydrogens (tertiary/aromatic N) is 3. The highest BCUT2D eigenvalue weighted by molar-refractivity contribution is 5.83. The minimum Gasteiger partial charge on any atom is -0.396 e. The second-order valence-electron chi connectivity index (χ2n) is 7.18. The van der Waals surface area contributed by atoms with Gasteiger partial charge in [0.25, 0.3) is 5.56 Å². The monoisotopic (exact) mass is 357 g/mol. The van der Waals surface area contributed by atoms with Crippen molar-refractivity contribution >= 4 is 16.7 Å². The Labute approximate surface area is 151 Å². The van der Waals surface area contributed by atoms with E-state index in [4.69, 9.17) is 4.74 Å². The summed E-state index contributed by atoms with van der Waals surface area (Å²) in [6.07, 6.45) is 1.50. The van der Waals surface area contributed by atoms with Gasteiger partial charge in [-0.05, 0) is 31.7 Å². The fraction of sp³-hybridized carbons (Fsp3) is 0.526. The van der Waals surface area contributed by atoms with Gasteiger partial charge >= 0.3 is 0 Å². The molecule has 1 saturated carbocycles. The lowest BCUT2D eigenvalue weighted by molar-refractivity contribution is -0.144. The lowest BCUT2D eigenvalue weighted by atomic mass is 10.1. The highest BCUT2D eigenvalue weighted by Gasteiger charge is 2.42. The van der Waals surface area contributed by atoms with Gasteiger partial charge in [-0.1, -0.05) is 18.2 Å². The Kier molecular flexibility index (Phi) is 4.50. The van der Waals surface area contributed by atoms with Crippen LogP contribution in [0.25, 0.3) is 10.8 Å². The smallest absolute Gasteiger partial charge is 0.275 e. The van der Waals surface area contributed by atoms with E-state index in [1.54, 1.807) is 6.07 Å². The van der Waals surface area contributed by atoms with E-state index in [-0.39, 0.29) is 42.7 Å². The molecule has 0 bridgehead atoms. The molecule has 7 heteroatoms. The number of carbonyl (C=O) groups is 1. The number of morpholine rings is 1. The zero-order chi connectivity index (χ0) is 18.3. The molecule has 1 amide bonds. The van der Waals surface area contributed by atoms with Gasteiger partial charge in [0.05, 0.1) is 29.8 Å². The van der Waals surface area contributed by atoms with E-state index >= 15 is 0 Å². The first kappa shape index (κ1) is 17.2. The van der Waals surface area contributed by atoms with Crippen molar-refractivity contribution in [2.75, 3.05) is 19.8 Å². The minimum absolute atomic E-state index is 0.0205. The van der Waals surface area contributed by atoms with Crippen LogP contribution in [0.5, 0.6) is 0 Å². The molecule has 7 nitrogen and oxygen atoms in total. The maximum atomic E-state index is 12.9. The molecular weight excluding hydrogens is 334 g/mol. The first-order chi connectivity index (χ1) is 12.6. The lowest BCUT2D eigenvalue weighted by Crippen LogP contribution is -2.52. The van der Waals surface area contributed by atoms with Gasteiger partial charge in [0.1, 0.15) is 6.54 Å². The van der Waals surface area contributed by atoms with E-state index in [1.165, 1.54) is 4.68 Å². The number of aryl methyl sites for hydroxylation is 1. The first-order valence-electron chi connectivity index (χ1n) is 9.07. The Bertz CT molecular complexity index is 894. The van der Waals surface area contributed by atoms with E-state index in [0.717, 1.165) is 23.9 Å². The van der Waals surface area contributed by atoms with Crippen LogP contribution in [0, 0.1) is 12.8 Å². The number of benzene rings is 1. The Morgan fingerprint density at radius 1 is 1.31 bits per heavy atom. The standard InChI is InChI=1S/C19H23N3O4/c1-12-14-4-2-3-5-15(14)19(25)22(20-12)10-18(24)21-6-7-26-17-9-13(11-23)8-16(17)21/h2-5,13,16-17,23H,6-11H2,1H3/t13-,16+,17+/m1/s1. The molecule has 2 aromatic rings. The predicted molar refractivity (Wildman–Crippen MR) is 95.8 cm³/mol. The van der Waals surface area contributed by atoms with E-state index in [0.29, 0.717) is 18.5 Å². The Morgan fingerprint density at radius 3 is 2.85 bits per heavy atom. The summed E-state index contributed by atoms with van der Waals surface area (Å²) in [5.74, 6) is 0.0494. The van der Waals surface area contributed by atoms with Crippen LogP contribution in [0.2, 0.25) is 0 Å². The number of aliphatic hydroxyl groups is 1. The maximum Gasteiger partial charge on any atom is 0.275 e. The largest absolute Gasteiger partial charge is 0.396 e. The lowest BCUT2D eigenvalue weighted by Gasteiger charge is -2.37. The molecular formula is C19H23N3O4. The van der Waals surface area contributed by atoms with Crippen molar-refractivity contribution in [2.24, 2.45) is 5.92 Å². The number of carbonyl (C=O) groups excluding carboxylic acids is 1. The molecule has 2 heterocycles. The third kappa shape index (κ3) is 2.91. The Balaban J connectivity index is 1.59. The van der Waals surface area contributed by atoms with Crippen LogP contribution in [-0.4, -0.2) is 57.6 Å². The second-order valence-corrected chi connectivity index (χ2v) is 7.18. The first-order valence-corrected chi connectivity index (χ1v) is 9.07. The number of fused-ring (bicyclic) bond motifs is 2. The number of rotatable bonds is 3. The number of aromatic nitrogens is 2. The number of hydrogen-bond donors (Lipinski definition) is 1. The third-order valence-corrected chi connectivity index (χ3v) is 5.55. The van der Waals surface area contributed by atoms with Gasteiger partial charge < -0.3 is 14.7 Å². The zero-order valence-electron chi connectivity index (χ0n) is 14.8. The molecule has 0 radical (unpaired) electrons. The fourth-order valence-electron chi connectivity index (χ4n) is 4.24. The van der Waals surface area contributed by atoms with Gasteiger partial charge in [0.15, 0.2) is 0 Å². The molecule has 4 rings (SSSR count). The third-order valence-electron chi connectivity index (χ3n) is 5.55. The zero-order valence-corrected chi connectivity index (χ0v) is 14.8. The van der Waals surface area contributed by atoms with E-state index in [9.17, 15) is 14.7 Å². The quantitative estimate of drug-likeness (QED) is 0.874. The number of hydrogen-bond acceptors (Lipinski definition) is 5.